The van der Waals surface area contributed by atoms with Gasteiger partial charge in [-0.1, -0.05) is 17.7 Å². The van der Waals surface area contributed by atoms with Crippen molar-refractivity contribution in [3.8, 4) is 0 Å². The molecule has 2 fully saturated rings. The number of amides is 1. The van der Waals surface area contributed by atoms with Crippen molar-refractivity contribution >= 4 is 33.3 Å². The van der Waals surface area contributed by atoms with E-state index in [0.29, 0.717) is 31.7 Å². The summed E-state index contributed by atoms with van der Waals surface area (Å²) in [5, 5.41) is 0.115. The Morgan fingerprint density at radius 2 is 1.86 bits per heavy atom. The van der Waals surface area contributed by atoms with Gasteiger partial charge in [-0.25, -0.2) is 18.1 Å². The van der Waals surface area contributed by atoms with Crippen LogP contribution in [0.15, 0.2) is 47.5 Å². The molecule has 0 spiro atoms. The van der Waals surface area contributed by atoms with Crippen molar-refractivity contribution in [3.63, 3.8) is 0 Å². The van der Waals surface area contributed by atoms with E-state index in [-0.39, 0.29) is 21.9 Å². The smallest absolute Gasteiger partial charge is 0.254 e. The minimum absolute atomic E-state index is 0.0277. The first kappa shape index (κ1) is 19.2. The van der Waals surface area contributed by atoms with Gasteiger partial charge in [0, 0.05) is 44.0 Å². The topological polar surface area (TPSA) is 82.6 Å². The fourth-order valence-electron chi connectivity index (χ4n) is 3.19. The minimum Gasteiger partial charge on any atom is -0.353 e. The molecule has 148 valence electrons. The van der Waals surface area contributed by atoms with E-state index >= 15 is 0 Å². The maximum absolute atomic E-state index is 12.9. The lowest BCUT2D eigenvalue weighted by molar-refractivity contribution is 0.0746. The van der Waals surface area contributed by atoms with Crippen LogP contribution in [-0.4, -0.2) is 56.4 Å². The second kappa shape index (κ2) is 7.69. The van der Waals surface area contributed by atoms with Gasteiger partial charge in [0.1, 0.15) is 10.7 Å². The van der Waals surface area contributed by atoms with Gasteiger partial charge in [-0.2, -0.15) is 0 Å². The Hall–Kier alpha value is -2.16. The standard InChI is InChI=1S/C19H21ClN4O3S/c20-16-7-4-14(13-17(16)28(26,27)22-15-5-6-15)19(25)24-11-9-23(10-12-24)18-3-1-2-8-21-18/h1-4,7-8,13,15,22H,5-6,9-12H2. The maximum Gasteiger partial charge on any atom is 0.254 e. The van der Waals surface area contributed by atoms with Crippen molar-refractivity contribution in [1.29, 1.82) is 0 Å². The number of carbonyl (C=O) groups is 1. The van der Waals surface area contributed by atoms with Gasteiger partial charge in [0.15, 0.2) is 0 Å². The Kier molecular flexibility index (Phi) is 5.27. The Labute approximate surface area is 169 Å². The molecule has 7 nitrogen and oxygen atoms in total. The molecule has 1 saturated carbocycles. The molecule has 4 rings (SSSR count). The third-order valence-corrected chi connectivity index (χ3v) is 6.91. The second-order valence-corrected chi connectivity index (χ2v) is 9.10. The SMILES string of the molecule is O=C(c1ccc(Cl)c(S(=O)(=O)NC2CC2)c1)N1CCN(c2ccccn2)CC1. The molecule has 1 aliphatic heterocycles. The van der Waals surface area contributed by atoms with Crippen LogP contribution in [0.4, 0.5) is 5.82 Å². The first-order chi connectivity index (χ1) is 13.4. The van der Waals surface area contributed by atoms with Crippen molar-refractivity contribution in [2.45, 2.75) is 23.8 Å². The van der Waals surface area contributed by atoms with Crippen molar-refractivity contribution in [2.75, 3.05) is 31.1 Å². The highest BCUT2D eigenvalue weighted by Crippen LogP contribution is 2.27. The van der Waals surface area contributed by atoms with Crippen LogP contribution in [0, 0.1) is 0 Å². The molecule has 0 radical (unpaired) electrons. The fourth-order valence-corrected chi connectivity index (χ4v) is 5.02. The van der Waals surface area contributed by atoms with Gasteiger partial charge in [-0.3, -0.25) is 4.79 Å². The minimum atomic E-state index is -3.73. The van der Waals surface area contributed by atoms with Crippen molar-refractivity contribution in [2.24, 2.45) is 0 Å². The summed E-state index contributed by atoms with van der Waals surface area (Å²) in [5.41, 5.74) is 0.326. The van der Waals surface area contributed by atoms with Crippen LogP contribution in [0.1, 0.15) is 23.2 Å². The molecule has 1 aromatic heterocycles. The lowest BCUT2D eigenvalue weighted by Crippen LogP contribution is -2.49. The van der Waals surface area contributed by atoms with Crippen LogP contribution in [0.2, 0.25) is 5.02 Å². The Morgan fingerprint density at radius 3 is 2.50 bits per heavy atom. The number of nitrogens with one attached hydrogen (secondary N) is 1. The Morgan fingerprint density at radius 1 is 1.11 bits per heavy atom. The predicted octanol–water partition coefficient (Wildman–Crippen LogP) is 2.14. The monoisotopic (exact) mass is 420 g/mol. The van der Waals surface area contributed by atoms with E-state index in [1.807, 2.05) is 18.2 Å². The summed E-state index contributed by atoms with van der Waals surface area (Å²) >= 11 is 6.10. The number of aromatic nitrogens is 1. The zero-order valence-electron chi connectivity index (χ0n) is 15.2. The van der Waals surface area contributed by atoms with E-state index in [4.69, 9.17) is 11.6 Å². The first-order valence-electron chi connectivity index (χ1n) is 9.21. The molecule has 1 amide bonds. The van der Waals surface area contributed by atoms with E-state index in [1.54, 1.807) is 17.2 Å². The number of halogens is 1. The third kappa shape index (κ3) is 4.14. The molecule has 1 N–H and O–H groups in total. The number of piperazine rings is 1. The summed E-state index contributed by atoms with van der Waals surface area (Å²) in [6.45, 7) is 2.43. The van der Waals surface area contributed by atoms with Crippen LogP contribution in [0.3, 0.4) is 0 Å². The molecule has 2 aliphatic rings. The van der Waals surface area contributed by atoms with E-state index in [1.165, 1.54) is 12.1 Å². The van der Waals surface area contributed by atoms with Crippen molar-refractivity contribution in [3.05, 3.63) is 53.2 Å². The summed E-state index contributed by atoms with van der Waals surface area (Å²) in [5.74, 6) is 0.695. The number of sulfonamides is 1. The van der Waals surface area contributed by atoms with E-state index in [9.17, 15) is 13.2 Å². The van der Waals surface area contributed by atoms with Crippen molar-refractivity contribution in [1.82, 2.24) is 14.6 Å². The molecule has 0 bridgehead atoms. The number of hydrogen-bond donors (Lipinski definition) is 1. The zero-order valence-corrected chi connectivity index (χ0v) is 16.8. The summed E-state index contributed by atoms with van der Waals surface area (Å²) in [6.07, 6.45) is 3.41. The van der Waals surface area contributed by atoms with Gasteiger partial charge in [0.25, 0.3) is 5.91 Å². The highest BCUT2D eigenvalue weighted by atomic mass is 35.5. The average molecular weight is 421 g/mol. The van der Waals surface area contributed by atoms with Gasteiger partial charge in [-0.05, 0) is 43.2 Å². The number of benzene rings is 1. The van der Waals surface area contributed by atoms with Gasteiger partial charge in [-0.15, -0.1) is 0 Å². The summed E-state index contributed by atoms with van der Waals surface area (Å²) in [4.78, 5) is 21.1. The molecule has 28 heavy (non-hydrogen) atoms. The highest BCUT2D eigenvalue weighted by molar-refractivity contribution is 7.89. The van der Waals surface area contributed by atoms with Gasteiger partial charge >= 0.3 is 0 Å². The quantitative estimate of drug-likeness (QED) is 0.801. The summed E-state index contributed by atoms with van der Waals surface area (Å²) in [6, 6.07) is 10.1. The Balaban J connectivity index is 1.47. The summed E-state index contributed by atoms with van der Waals surface area (Å²) < 4.78 is 27.6. The number of carbonyl (C=O) groups excluding carboxylic acids is 1. The van der Waals surface area contributed by atoms with Gasteiger partial charge < -0.3 is 9.80 Å². The lowest BCUT2D eigenvalue weighted by atomic mass is 10.2. The van der Waals surface area contributed by atoms with Crippen LogP contribution in [0.25, 0.3) is 0 Å². The normalized spacial score (nSPS) is 17.6. The maximum atomic E-state index is 12.9. The lowest BCUT2D eigenvalue weighted by Gasteiger charge is -2.35. The predicted molar refractivity (Wildman–Crippen MR) is 107 cm³/mol. The number of rotatable bonds is 5. The molecular weight excluding hydrogens is 400 g/mol. The number of hydrogen-bond acceptors (Lipinski definition) is 5. The highest BCUT2D eigenvalue weighted by Gasteiger charge is 2.30. The number of nitrogens with zero attached hydrogens (tertiary/aromatic N) is 3. The second-order valence-electron chi connectivity index (χ2n) is 7.01. The number of anilines is 1. The van der Waals surface area contributed by atoms with E-state index < -0.39 is 10.0 Å². The van der Waals surface area contributed by atoms with Crippen LogP contribution in [-0.2, 0) is 10.0 Å². The third-order valence-electron chi connectivity index (χ3n) is 4.91. The first-order valence-corrected chi connectivity index (χ1v) is 11.1. The molecular formula is C19H21ClN4O3S. The molecule has 9 heteroatoms. The van der Waals surface area contributed by atoms with Crippen LogP contribution in [0.5, 0.6) is 0 Å². The molecule has 1 aliphatic carbocycles. The molecule has 2 heterocycles. The van der Waals surface area contributed by atoms with Crippen molar-refractivity contribution < 1.29 is 13.2 Å². The number of pyridine rings is 1. The average Bonchev–Trinajstić information content (AvgIpc) is 3.52. The fraction of sp³-hybridized carbons (Fsp3) is 0.368. The molecule has 0 atom stereocenters. The van der Waals surface area contributed by atoms with Gasteiger partial charge in [0.05, 0.1) is 5.02 Å². The molecule has 2 aromatic rings. The van der Waals surface area contributed by atoms with Gasteiger partial charge in [0.2, 0.25) is 10.0 Å². The van der Waals surface area contributed by atoms with E-state index in [2.05, 4.69) is 14.6 Å². The van der Waals surface area contributed by atoms with Crippen LogP contribution >= 0.6 is 11.6 Å². The van der Waals surface area contributed by atoms with E-state index in [0.717, 1.165) is 18.7 Å². The molecule has 1 saturated heterocycles. The van der Waals surface area contributed by atoms with Crippen LogP contribution < -0.4 is 9.62 Å². The zero-order chi connectivity index (χ0) is 19.7. The molecule has 0 unspecified atom stereocenters. The molecule has 1 aromatic carbocycles. The summed E-state index contributed by atoms with van der Waals surface area (Å²) in [7, 11) is -3.73. The Bertz CT molecular complexity index is 972. The largest absolute Gasteiger partial charge is 0.353 e.